The zero-order valence-corrected chi connectivity index (χ0v) is 13.9. The highest BCUT2D eigenvalue weighted by molar-refractivity contribution is 5.82. The lowest BCUT2D eigenvalue weighted by Gasteiger charge is -2.28. The molecule has 4 heteroatoms. The van der Waals surface area contributed by atoms with Gasteiger partial charge in [-0.25, -0.2) is 0 Å². The van der Waals surface area contributed by atoms with Gasteiger partial charge in [-0.15, -0.1) is 0 Å². The lowest BCUT2D eigenvalue weighted by Crippen LogP contribution is -2.35. The van der Waals surface area contributed by atoms with Crippen molar-refractivity contribution >= 4 is 11.9 Å². The number of esters is 2. The molecule has 0 spiro atoms. The summed E-state index contributed by atoms with van der Waals surface area (Å²) < 4.78 is 10.6. The first-order chi connectivity index (χ1) is 10.7. The van der Waals surface area contributed by atoms with Gasteiger partial charge in [0.1, 0.15) is 0 Å². The molecule has 2 aliphatic rings. The van der Waals surface area contributed by atoms with E-state index in [-0.39, 0.29) is 23.8 Å². The summed E-state index contributed by atoms with van der Waals surface area (Å²) in [5, 5.41) is 0. The number of hydrogen-bond acceptors (Lipinski definition) is 4. The average Bonchev–Trinajstić information content (AvgIpc) is 2.56. The molecule has 0 N–H and O–H groups in total. The van der Waals surface area contributed by atoms with E-state index in [2.05, 4.69) is 0 Å². The summed E-state index contributed by atoms with van der Waals surface area (Å²) in [7, 11) is 0. The Hall–Kier alpha value is -1.06. The summed E-state index contributed by atoms with van der Waals surface area (Å²) >= 11 is 0. The predicted molar refractivity (Wildman–Crippen MR) is 84.2 cm³/mol. The van der Waals surface area contributed by atoms with Gasteiger partial charge in [-0.3, -0.25) is 9.59 Å². The first kappa shape index (κ1) is 17.3. The Morgan fingerprint density at radius 2 is 1.36 bits per heavy atom. The highest BCUT2D eigenvalue weighted by Crippen LogP contribution is 2.32. The second-order valence-electron chi connectivity index (χ2n) is 6.71. The van der Waals surface area contributed by atoms with E-state index < -0.39 is 0 Å². The summed E-state index contributed by atoms with van der Waals surface area (Å²) in [6.45, 7) is 2.69. The van der Waals surface area contributed by atoms with E-state index in [1.165, 1.54) is 32.1 Å². The highest BCUT2D eigenvalue weighted by atomic mass is 16.5. The van der Waals surface area contributed by atoms with Crippen molar-refractivity contribution in [3.05, 3.63) is 0 Å². The van der Waals surface area contributed by atoms with Crippen molar-refractivity contribution < 1.29 is 19.1 Å². The van der Waals surface area contributed by atoms with Crippen molar-refractivity contribution in [2.75, 3.05) is 13.2 Å². The van der Waals surface area contributed by atoms with Gasteiger partial charge in [-0.1, -0.05) is 44.9 Å². The van der Waals surface area contributed by atoms with Gasteiger partial charge in [-0.05, 0) is 32.1 Å². The van der Waals surface area contributed by atoms with Gasteiger partial charge in [0.05, 0.1) is 25.0 Å². The predicted octanol–water partition coefficient (Wildman–Crippen LogP) is 3.87. The van der Waals surface area contributed by atoms with Crippen LogP contribution in [0.4, 0.5) is 0 Å². The van der Waals surface area contributed by atoms with Crippen molar-refractivity contribution in [3.8, 4) is 0 Å². The molecule has 2 saturated carbocycles. The van der Waals surface area contributed by atoms with Crippen molar-refractivity contribution in [1.82, 2.24) is 0 Å². The Labute approximate surface area is 133 Å². The third kappa shape index (κ3) is 4.99. The number of carbonyl (C=O) groups is 2. The Balaban J connectivity index is 1.77. The van der Waals surface area contributed by atoms with Gasteiger partial charge < -0.3 is 9.47 Å². The number of hydrogen-bond donors (Lipinski definition) is 0. The molecule has 4 nitrogen and oxygen atoms in total. The summed E-state index contributed by atoms with van der Waals surface area (Å²) in [5.74, 6) is -0.284. The van der Waals surface area contributed by atoms with Crippen LogP contribution in [0, 0.1) is 17.8 Å². The van der Waals surface area contributed by atoms with Gasteiger partial charge in [0, 0.05) is 0 Å². The Kier molecular flexibility index (Phi) is 7.20. The first-order valence-electron chi connectivity index (χ1n) is 9.05. The van der Waals surface area contributed by atoms with Crippen LogP contribution in [0.2, 0.25) is 0 Å². The molecule has 2 atom stereocenters. The summed E-state index contributed by atoms with van der Waals surface area (Å²) in [4.78, 5) is 24.3. The molecular formula is C18H30O4. The van der Waals surface area contributed by atoms with Crippen LogP contribution >= 0.6 is 0 Å². The van der Waals surface area contributed by atoms with Crippen LogP contribution < -0.4 is 0 Å². The minimum absolute atomic E-state index is 0.187. The normalized spacial score (nSPS) is 26.4. The van der Waals surface area contributed by atoms with Gasteiger partial charge in [0.2, 0.25) is 0 Å². The largest absolute Gasteiger partial charge is 0.466 e. The fourth-order valence-electron chi connectivity index (χ4n) is 3.85. The maximum atomic E-state index is 12.3. The van der Waals surface area contributed by atoms with E-state index in [1.807, 2.05) is 0 Å². The Morgan fingerprint density at radius 1 is 0.818 bits per heavy atom. The Bertz CT molecular complexity index is 360. The topological polar surface area (TPSA) is 52.6 Å². The van der Waals surface area contributed by atoms with E-state index in [9.17, 15) is 9.59 Å². The van der Waals surface area contributed by atoms with Crippen LogP contribution in [0.5, 0.6) is 0 Å². The molecule has 2 fully saturated rings. The fourth-order valence-corrected chi connectivity index (χ4v) is 3.85. The van der Waals surface area contributed by atoms with Gasteiger partial charge >= 0.3 is 11.9 Å². The highest BCUT2D eigenvalue weighted by Gasteiger charge is 2.37. The van der Waals surface area contributed by atoms with E-state index in [4.69, 9.17) is 9.47 Å². The second kappa shape index (κ2) is 9.16. The number of rotatable bonds is 6. The van der Waals surface area contributed by atoms with Crippen LogP contribution in [0.3, 0.4) is 0 Å². The van der Waals surface area contributed by atoms with E-state index in [1.54, 1.807) is 6.92 Å². The molecule has 2 aliphatic carbocycles. The molecule has 126 valence electrons. The van der Waals surface area contributed by atoms with Crippen LogP contribution in [-0.4, -0.2) is 25.2 Å². The third-order valence-corrected chi connectivity index (χ3v) is 5.15. The number of ether oxygens (including phenoxy) is 2. The van der Waals surface area contributed by atoms with Crippen molar-refractivity contribution in [1.29, 1.82) is 0 Å². The third-order valence-electron chi connectivity index (χ3n) is 5.15. The maximum absolute atomic E-state index is 12.3. The molecule has 0 bridgehead atoms. The van der Waals surface area contributed by atoms with Crippen LogP contribution in [0.15, 0.2) is 0 Å². The first-order valence-corrected chi connectivity index (χ1v) is 9.05. The quantitative estimate of drug-likeness (QED) is 0.699. The fraction of sp³-hybridized carbons (Fsp3) is 0.889. The molecule has 2 unspecified atom stereocenters. The molecule has 2 rings (SSSR count). The summed E-state index contributed by atoms with van der Waals surface area (Å²) in [6.07, 6.45) is 11.0. The van der Waals surface area contributed by atoms with Crippen molar-refractivity contribution in [3.63, 3.8) is 0 Å². The SMILES string of the molecule is CCOC(=O)C1CCCCC1C(=O)OCCC1CCCCC1. The monoisotopic (exact) mass is 310 g/mol. The molecule has 0 aromatic heterocycles. The summed E-state index contributed by atoms with van der Waals surface area (Å²) in [6, 6.07) is 0. The van der Waals surface area contributed by atoms with Crippen LogP contribution in [0.1, 0.15) is 71.1 Å². The van der Waals surface area contributed by atoms with Gasteiger partial charge in [0.15, 0.2) is 0 Å². The lowest BCUT2D eigenvalue weighted by molar-refractivity contribution is -0.162. The summed E-state index contributed by atoms with van der Waals surface area (Å²) in [5.41, 5.74) is 0. The molecule has 0 aromatic rings. The molecular weight excluding hydrogens is 280 g/mol. The second-order valence-corrected chi connectivity index (χ2v) is 6.71. The molecule has 0 saturated heterocycles. The van der Waals surface area contributed by atoms with Crippen molar-refractivity contribution in [2.24, 2.45) is 17.8 Å². The van der Waals surface area contributed by atoms with E-state index in [0.717, 1.165) is 32.1 Å². The Morgan fingerprint density at radius 3 is 1.95 bits per heavy atom. The minimum atomic E-state index is -0.295. The zero-order valence-electron chi connectivity index (χ0n) is 13.9. The molecule has 0 amide bonds. The zero-order chi connectivity index (χ0) is 15.8. The van der Waals surface area contributed by atoms with Crippen LogP contribution in [-0.2, 0) is 19.1 Å². The van der Waals surface area contributed by atoms with E-state index >= 15 is 0 Å². The van der Waals surface area contributed by atoms with Gasteiger partial charge in [0.25, 0.3) is 0 Å². The number of carbonyl (C=O) groups excluding carboxylic acids is 2. The maximum Gasteiger partial charge on any atom is 0.309 e. The molecule has 0 radical (unpaired) electrons. The minimum Gasteiger partial charge on any atom is -0.466 e. The molecule has 22 heavy (non-hydrogen) atoms. The average molecular weight is 310 g/mol. The standard InChI is InChI=1S/C18H30O4/c1-2-21-17(19)15-10-6-7-11-16(15)18(20)22-13-12-14-8-4-3-5-9-14/h14-16H,2-13H2,1H3. The molecule has 0 aliphatic heterocycles. The lowest BCUT2D eigenvalue weighted by atomic mass is 9.79. The van der Waals surface area contributed by atoms with Crippen LogP contribution in [0.25, 0.3) is 0 Å². The van der Waals surface area contributed by atoms with Gasteiger partial charge in [-0.2, -0.15) is 0 Å². The smallest absolute Gasteiger partial charge is 0.309 e. The molecule has 0 aromatic carbocycles. The molecule has 0 heterocycles. The van der Waals surface area contributed by atoms with E-state index in [0.29, 0.717) is 19.1 Å². The van der Waals surface area contributed by atoms with Crippen molar-refractivity contribution in [2.45, 2.75) is 71.1 Å².